The number of aliphatic hydroxyl groups is 5. The molecular formula is C70H127NO10. The molecule has 1 heterocycles. The van der Waals surface area contributed by atoms with E-state index in [9.17, 15) is 35.1 Å². The molecular weight excluding hydrogens is 1010 g/mol. The molecule has 1 fully saturated rings. The summed E-state index contributed by atoms with van der Waals surface area (Å²) in [5, 5.41) is 54.3. The van der Waals surface area contributed by atoms with Crippen molar-refractivity contribution in [2.45, 2.75) is 352 Å². The van der Waals surface area contributed by atoms with Crippen molar-refractivity contribution in [1.29, 1.82) is 0 Å². The van der Waals surface area contributed by atoms with Crippen molar-refractivity contribution in [3.63, 3.8) is 0 Å². The minimum atomic E-state index is -1.58. The topological polar surface area (TPSA) is 175 Å². The van der Waals surface area contributed by atoms with Crippen LogP contribution in [-0.2, 0) is 23.8 Å². The third-order valence-electron chi connectivity index (χ3n) is 15.8. The first-order chi connectivity index (χ1) is 39.7. The van der Waals surface area contributed by atoms with Gasteiger partial charge in [-0.2, -0.15) is 0 Å². The standard InChI is InChI=1S/C70H127NO10/c1-3-5-7-9-11-13-15-38-42-46-50-54-58-66(75)79-59-55-51-47-43-39-36-34-32-30-28-26-24-22-20-18-16-17-19-21-23-25-27-29-31-33-35-37-41-45-49-53-57-65(74)71-62(61-80-70-69(78)68(77)67(76)64(60-72)81-70)63(73)56-52-48-44-40-14-12-10-8-6-4-2/h6,8,14,18,20,24,26,40,52,56,62-64,67-70,72-73,76-78H,3-5,7,9-13,15-17,19,21-23,25,27-39,41-51,53-55,57-61H2,1-2H3,(H,71,74)/b8-6+,20-18-,26-24-,40-14+,56-52+. The highest BCUT2D eigenvalue weighted by atomic mass is 16.7. The number of hydrogen-bond acceptors (Lipinski definition) is 10. The molecule has 1 rings (SSSR count). The fourth-order valence-corrected chi connectivity index (χ4v) is 10.5. The molecule has 0 aromatic rings. The van der Waals surface area contributed by atoms with E-state index in [0.717, 1.165) is 77.0 Å². The fraction of sp³-hybridized carbons (Fsp3) is 0.829. The molecule has 0 aliphatic carbocycles. The quantitative estimate of drug-likeness (QED) is 0.0195. The van der Waals surface area contributed by atoms with Gasteiger partial charge in [-0.25, -0.2) is 0 Å². The van der Waals surface area contributed by atoms with Gasteiger partial charge in [0.2, 0.25) is 5.91 Å². The van der Waals surface area contributed by atoms with E-state index in [0.29, 0.717) is 19.4 Å². The molecule has 1 saturated heterocycles. The van der Waals surface area contributed by atoms with Gasteiger partial charge < -0.3 is 45.1 Å². The van der Waals surface area contributed by atoms with Crippen LogP contribution in [0.3, 0.4) is 0 Å². The number of unbranched alkanes of at least 4 members (excludes halogenated alkanes) is 37. The predicted octanol–water partition coefficient (Wildman–Crippen LogP) is 17.0. The zero-order valence-electron chi connectivity index (χ0n) is 52.2. The number of hydrogen-bond donors (Lipinski definition) is 6. The Bertz CT molecular complexity index is 1530. The number of rotatable bonds is 59. The van der Waals surface area contributed by atoms with Gasteiger partial charge in [0.05, 0.1) is 32.0 Å². The number of ether oxygens (including phenoxy) is 3. The maximum atomic E-state index is 13.0. The second-order valence-electron chi connectivity index (χ2n) is 23.5. The SMILES string of the molecule is CC/C=C/CC/C=C/CC/C=C/C(O)C(COC1OC(CO)C(O)C(O)C1O)NC(=O)CCCCCCCCCCCCCCCCC/C=C\C/C=C\CCCCCCCCCCCOC(=O)CCCCCCCCCCCCCC. The molecule has 0 bridgehead atoms. The number of aliphatic hydroxyl groups excluding tert-OH is 5. The van der Waals surface area contributed by atoms with Crippen LogP contribution in [0.25, 0.3) is 0 Å². The number of allylic oxidation sites excluding steroid dienone is 9. The maximum absolute atomic E-state index is 13.0. The van der Waals surface area contributed by atoms with Crippen molar-refractivity contribution >= 4 is 11.9 Å². The van der Waals surface area contributed by atoms with Crippen molar-refractivity contribution < 1.29 is 49.3 Å². The van der Waals surface area contributed by atoms with Gasteiger partial charge in [0.1, 0.15) is 24.4 Å². The van der Waals surface area contributed by atoms with E-state index in [4.69, 9.17) is 14.2 Å². The Balaban J connectivity index is 1.96. The summed E-state index contributed by atoms with van der Waals surface area (Å²) < 4.78 is 16.7. The first-order valence-electron chi connectivity index (χ1n) is 34.1. The number of esters is 1. The lowest BCUT2D eigenvalue weighted by Gasteiger charge is -2.40. The van der Waals surface area contributed by atoms with Gasteiger partial charge in [0, 0.05) is 12.8 Å². The Hall–Kier alpha value is -2.64. The highest BCUT2D eigenvalue weighted by Gasteiger charge is 2.44. The van der Waals surface area contributed by atoms with Gasteiger partial charge in [-0.15, -0.1) is 0 Å². The van der Waals surface area contributed by atoms with Crippen molar-refractivity contribution in [3.05, 3.63) is 60.8 Å². The molecule has 0 radical (unpaired) electrons. The molecule has 7 atom stereocenters. The Morgan fingerprint density at radius 3 is 1.35 bits per heavy atom. The molecule has 11 nitrogen and oxygen atoms in total. The Morgan fingerprint density at radius 2 is 0.877 bits per heavy atom. The number of carbonyl (C=O) groups excluding carboxylic acids is 2. The molecule has 0 aromatic carbocycles. The van der Waals surface area contributed by atoms with Crippen LogP contribution in [-0.4, -0.2) is 100 Å². The van der Waals surface area contributed by atoms with Gasteiger partial charge in [0.15, 0.2) is 6.29 Å². The maximum Gasteiger partial charge on any atom is 0.305 e. The van der Waals surface area contributed by atoms with E-state index in [1.54, 1.807) is 6.08 Å². The molecule has 1 aliphatic rings. The van der Waals surface area contributed by atoms with Crippen molar-refractivity contribution in [1.82, 2.24) is 5.32 Å². The molecule has 0 aromatic heterocycles. The molecule has 0 saturated carbocycles. The number of amides is 1. The third kappa shape index (κ3) is 48.3. The summed E-state index contributed by atoms with van der Waals surface area (Å²) in [6, 6.07) is -0.834. The Morgan fingerprint density at radius 1 is 0.469 bits per heavy atom. The summed E-state index contributed by atoms with van der Waals surface area (Å²) in [5.74, 6) is -0.193. The van der Waals surface area contributed by atoms with Gasteiger partial charge in [-0.1, -0.05) is 274 Å². The van der Waals surface area contributed by atoms with E-state index in [2.05, 4.69) is 67.8 Å². The number of nitrogens with one attached hydrogen (secondary N) is 1. The lowest BCUT2D eigenvalue weighted by atomic mass is 9.99. The highest BCUT2D eigenvalue weighted by Crippen LogP contribution is 2.23. The first kappa shape index (κ1) is 76.4. The second-order valence-corrected chi connectivity index (χ2v) is 23.5. The smallest absolute Gasteiger partial charge is 0.305 e. The van der Waals surface area contributed by atoms with Crippen LogP contribution >= 0.6 is 0 Å². The van der Waals surface area contributed by atoms with Gasteiger partial charge >= 0.3 is 5.97 Å². The molecule has 1 amide bonds. The summed E-state index contributed by atoms with van der Waals surface area (Å²) in [6.45, 7) is 4.21. The van der Waals surface area contributed by atoms with Crippen LogP contribution in [0, 0.1) is 0 Å². The van der Waals surface area contributed by atoms with E-state index < -0.39 is 49.5 Å². The monoisotopic (exact) mass is 1140 g/mol. The molecule has 7 unspecified atom stereocenters. The predicted molar refractivity (Wildman–Crippen MR) is 338 cm³/mol. The van der Waals surface area contributed by atoms with E-state index >= 15 is 0 Å². The van der Waals surface area contributed by atoms with Crippen LogP contribution in [0.4, 0.5) is 0 Å². The zero-order chi connectivity index (χ0) is 58.7. The summed E-state index contributed by atoms with van der Waals surface area (Å²) in [7, 11) is 0. The minimum Gasteiger partial charge on any atom is -0.466 e. The molecule has 0 spiro atoms. The third-order valence-corrected chi connectivity index (χ3v) is 15.8. The molecule has 11 heteroatoms. The van der Waals surface area contributed by atoms with Gasteiger partial charge in [-0.3, -0.25) is 9.59 Å². The first-order valence-corrected chi connectivity index (χ1v) is 34.1. The van der Waals surface area contributed by atoms with E-state index in [1.165, 1.54) is 205 Å². The van der Waals surface area contributed by atoms with E-state index in [-0.39, 0.29) is 18.5 Å². The average molecular weight is 1140 g/mol. The lowest BCUT2D eigenvalue weighted by molar-refractivity contribution is -0.302. The highest BCUT2D eigenvalue weighted by molar-refractivity contribution is 5.76. The van der Waals surface area contributed by atoms with Crippen LogP contribution < -0.4 is 5.32 Å². The van der Waals surface area contributed by atoms with Crippen molar-refractivity contribution in [2.24, 2.45) is 0 Å². The number of carbonyl (C=O) groups is 2. The van der Waals surface area contributed by atoms with E-state index in [1.807, 2.05) is 6.08 Å². The van der Waals surface area contributed by atoms with Crippen LogP contribution in [0.15, 0.2) is 60.8 Å². The summed E-state index contributed by atoms with van der Waals surface area (Å²) in [5.41, 5.74) is 0. The van der Waals surface area contributed by atoms with Gasteiger partial charge in [0.25, 0.3) is 0 Å². The Kier molecular flexibility index (Phi) is 55.7. The normalized spacial score (nSPS) is 18.6. The minimum absolute atomic E-state index is 0.00516. The van der Waals surface area contributed by atoms with Crippen molar-refractivity contribution in [3.8, 4) is 0 Å². The molecule has 81 heavy (non-hydrogen) atoms. The van der Waals surface area contributed by atoms with Crippen LogP contribution in [0.1, 0.15) is 309 Å². The molecule has 6 N–H and O–H groups in total. The second kappa shape index (κ2) is 59.1. The molecule has 1 aliphatic heterocycles. The summed E-state index contributed by atoms with van der Waals surface area (Å²) in [4.78, 5) is 25.0. The summed E-state index contributed by atoms with van der Waals surface area (Å²) >= 11 is 0. The average Bonchev–Trinajstić information content (AvgIpc) is 3.47. The lowest BCUT2D eigenvalue weighted by Crippen LogP contribution is -2.60. The zero-order valence-corrected chi connectivity index (χ0v) is 52.2. The Labute approximate surface area is 497 Å². The van der Waals surface area contributed by atoms with Crippen LogP contribution in [0.2, 0.25) is 0 Å². The van der Waals surface area contributed by atoms with Crippen LogP contribution in [0.5, 0.6) is 0 Å². The van der Waals surface area contributed by atoms with Gasteiger partial charge in [-0.05, 0) is 83.5 Å². The fourth-order valence-electron chi connectivity index (χ4n) is 10.5. The van der Waals surface area contributed by atoms with Crippen molar-refractivity contribution in [2.75, 3.05) is 19.8 Å². The molecule has 472 valence electrons. The summed E-state index contributed by atoms with van der Waals surface area (Å²) in [6.07, 6.45) is 68.0. The largest absolute Gasteiger partial charge is 0.466 e.